The molecule has 2 aliphatic heterocycles. The van der Waals surface area contributed by atoms with E-state index in [2.05, 4.69) is 0 Å². The summed E-state index contributed by atoms with van der Waals surface area (Å²) in [6.45, 7) is 2.40. The quantitative estimate of drug-likeness (QED) is 0.361. The SMILES string of the molecule is N=C(N)N1CCc2ccc(COC(=O)c3ccc(OC4CCN(C(=O)O)CC4)cc3)cc2C1. The van der Waals surface area contributed by atoms with Crippen molar-refractivity contribution in [3.05, 3.63) is 64.7 Å². The molecule has 2 aliphatic rings. The Kier molecular flexibility index (Phi) is 6.67. The van der Waals surface area contributed by atoms with Gasteiger partial charge in [-0.2, -0.15) is 0 Å². The van der Waals surface area contributed by atoms with Crippen molar-refractivity contribution < 1.29 is 24.2 Å². The first-order valence-corrected chi connectivity index (χ1v) is 11.0. The molecule has 9 nitrogen and oxygen atoms in total. The molecule has 0 saturated carbocycles. The highest BCUT2D eigenvalue weighted by atomic mass is 16.5. The number of nitrogens with one attached hydrogen (secondary N) is 1. The molecule has 2 aromatic rings. The van der Waals surface area contributed by atoms with Crippen LogP contribution in [0.1, 0.15) is 39.9 Å². The Bertz CT molecular complexity index is 1030. The third-order valence-corrected chi connectivity index (χ3v) is 6.10. The lowest BCUT2D eigenvalue weighted by Crippen LogP contribution is -2.41. The van der Waals surface area contributed by atoms with E-state index in [1.807, 2.05) is 23.1 Å². The Morgan fingerprint density at radius 3 is 2.42 bits per heavy atom. The summed E-state index contributed by atoms with van der Waals surface area (Å²) in [6, 6.07) is 12.8. The smallest absolute Gasteiger partial charge is 0.407 e. The second kappa shape index (κ2) is 9.81. The van der Waals surface area contributed by atoms with Crippen molar-refractivity contribution in [1.82, 2.24) is 9.80 Å². The molecular weight excluding hydrogens is 424 g/mol. The Labute approximate surface area is 192 Å². The van der Waals surface area contributed by atoms with E-state index in [1.54, 1.807) is 24.3 Å². The van der Waals surface area contributed by atoms with Gasteiger partial charge in [0.2, 0.25) is 0 Å². The maximum atomic E-state index is 12.5. The lowest BCUT2D eigenvalue weighted by molar-refractivity contribution is 0.0472. The number of likely N-dealkylation sites (tertiary alicyclic amines) is 1. The third-order valence-electron chi connectivity index (χ3n) is 6.10. The van der Waals surface area contributed by atoms with Crippen molar-refractivity contribution >= 4 is 18.0 Å². The van der Waals surface area contributed by atoms with E-state index in [0.29, 0.717) is 43.8 Å². The van der Waals surface area contributed by atoms with Gasteiger partial charge in [-0.3, -0.25) is 5.41 Å². The van der Waals surface area contributed by atoms with Gasteiger partial charge in [0.1, 0.15) is 18.5 Å². The van der Waals surface area contributed by atoms with Gasteiger partial charge in [-0.05, 0) is 47.4 Å². The van der Waals surface area contributed by atoms with E-state index in [1.165, 1.54) is 10.5 Å². The van der Waals surface area contributed by atoms with E-state index in [0.717, 1.165) is 24.1 Å². The van der Waals surface area contributed by atoms with Crippen LogP contribution in [0.4, 0.5) is 4.79 Å². The van der Waals surface area contributed by atoms with Gasteiger partial charge in [-0.15, -0.1) is 0 Å². The fraction of sp³-hybridized carbons (Fsp3) is 0.375. The molecular formula is C24H28N4O5. The number of benzene rings is 2. The molecule has 0 aliphatic carbocycles. The monoisotopic (exact) mass is 452 g/mol. The third kappa shape index (κ3) is 5.54. The molecule has 0 atom stereocenters. The number of nitrogens with two attached hydrogens (primary N) is 1. The lowest BCUT2D eigenvalue weighted by Gasteiger charge is -2.30. The van der Waals surface area contributed by atoms with E-state index in [4.69, 9.17) is 25.7 Å². The zero-order valence-corrected chi connectivity index (χ0v) is 18.3. The van der Waals surface area contributed by atoms with Gasteiger partial charge in [-0.1, -0.05) is 18.2 Å². The minimum atomic E-state index is -0.898. The molecule has 0 bridgehead atoms. The maximum absolute atomic E-state index is 12.5. The van der Waals surface area contributed by atoms with Crippen LogP contribution in [0.2, 0.25) is 0 Å². The summed E-state index contributed by atoms with van der Waals surface area (Å²) in [5, 5.41) is 16.7. The minimum absolute atomic E-state index is 0.0404. The van der Waals surface area contributed by atoms with Gasteiger partial charge in [-0.25, -0.2) is 9.59 Å². The summed E-state index contributed by atoms with van der Waals surface area (Å²) in [5.41, 5.74) is 9.26. The number of carbonyl (C=O) groups is 2. The highest BCUT2D eigenvalue weighted by molar-refractivity contribution is 5.89. The van der Waals surface area contributed by atoms with Crippen molar-refractivity contribution in [1.29, 1.82) is 5.41 Å². The number of rotatable bonds is 5. The molecule has 9 heteroatoms. The van der Waals surface area contributed by atoms with Gasteiger partial charge in [0.15, 0.2) is 5.96 Å². The fourth-order valence-electron chi connectivity index (χ4n) is 4.17. The van der Waals surface area contributed by atoms with Gasteiger partial charge in [0, 0.05) is 39.0 Å². The summed E-state index contributed by atoms with van der Waals surface area (Å²) in [4.78, 5) is 26.7. The number of piperidine rings is 1. The Morgan fingerprint density at radius 1 is 1.03 bits per heavy atom. The average Bonchev–Trinajstić information content (AvgIpc) is 2.82. The first-order valence-electron chi connectivity index (χ1n) is 11.0. The Balaban J connectivity index is 1.28. The normalized spacial score (nSPS) is 16.1. The molecule has 1 saturated heterocycles. The van der Waals surface area contributed by atoms with Crippen molar-refractivity contribution in [3.63, 3.8) is 0 Å². The molecule has 0 aromatic heterocycles. The van der Waals surface area contributed by atoms with E-state index >= 15 is 0 Å². The molecule has 0 unspecified atom stereocenters. The van der Waals surface area contributed by atoms with E-state index in [-0.39, 0.29) is 18.7 Å². The number of fused-ring (bicyclic) bond motifs is 1. The number of amides is 1. The number of nitrogens with zero attached hydrogens (tertiary/aromatic N) is 2. The highest BCUT2D eigenvalue weighted by Crippen LogP contribution is 2.22. The van der Waals surface area contributed by atoms with Crippen LogP contribution in [-0.4, -0.2) is 58.7 Å². The van der Waals surface area contributed by atoms with Crippen molar-refractivity contribution in [2.45, 2.75) is 38.5 Å². The summed E-state index contributed by atoms with van der Waals surface area (Å²) in [7, 11) is 0. The van der Waals surface area contributed by atoms with Crippen LogP contribution in [0.25, 0.3) is 0 Å². The van der Waals surface area contributed by atoms with Crippen LogP contribution < -0.4 is 10.5 Å². The standard InChI is InChI=1S/C24H28N4O5/c25-23(26)28-10-7-17-2-1-16(13-19(17)14-28)15-32-22(29)18-3-5-20(6-4-18)33-21-8-11-27(12-9-21)24(30)31/h1-6,13,21H,7-12,14-15H2,(H3,25,26)(H,30,31). The lowest BCUT2D eigenvalue weighted by atomic mass is 9.98. The van der Waals surface area contributed by atoms with Crippen LogP contribution in [0.15, 0.2) is 42.5 Å². The molecule has 4 N–H and O–H groups in total. The second-order valence-electron chi connectivity index (χ2n) is 8.35. The van der Waals surface area contributed by atoms with Gasteiger partial charge >= 0.3 is 12.1 Å². The number of carboxylic acid groups (broad SMARTS) is 1. The molecule has 0 radical (unpaired) electrons. The van der Waals surface area contributed by atoms with Gasteiger partial charge in [0.05, 0.1) is 5.56 Å². The van der Waals surface area contributed by atoms with E-state index in [9.17, 15) is 9.59 Å². The minimum Gasteiger partial charge on any atom is -0.490 e. The Morgan fingerprint density at radius 2 is 1.76 bits per heavy atom. The predicted molar refractivity (Wildman–Crippen MR) is 121 cm³/mol. The Hall–Kier alpha value is -3.75. The first kappa shape index (κ1) is 22.4. The average molecular weight is 453 g/mol. The zero-order chi connectivity index (χ0) is 23.4. The number of guanidine groups is 1. The number of esters is 1. The molecule has 2 aromatic carbocycles. The first-order chi connectivity index (χ1) is 15.9. The summed E-state index contributed by atoms with van der Waals surface area (Å²) in [5.74, 6) is 0.292. The van der Waals surface area contributed by atoms with Crippen LogP contribution in [-0.2, 0) is 24.3 Å². The topological polar surface area (TPSA) is 129 Å². The molecule has 33 heavy (non-hydrogen) atoms. The molecule has 2 heterocycles. The number of carbonyl (C=O) groups excluding carboxylic acids is 1. The second-order valence-corrected chi connectivity index (χ2v) is 8.35. The number of ether oxygens (including phenoxy) is 2. The van der Waals surface area contributed by atoms with E-state index < -0.39 is 12.1 Å². The molecule has 1 fully saturated rings. The predicted octanol–water partition coefficient (Wildman–Crippen LogP) is 2.82. The fourth-order valence-corrected chi connectivity index (χ4v) is 4.17. The summed E-state index contributed by atoms with van der Waals surface area (Å²) >= 11 is 0. The van der Waals surface area contributed by atoms with Crippen LogP contribution in [0.3, 0.4) is 0 Å². The van der Waals surface area contributed by atoms with Crippen LogP contribution in [0, 0.1) is 5.41 Å². The molecule has 174 valence electrons. The number of hydrogen-bond acceptors (Lipinski definition) is 5. The van der Waals surface area contributed by atoms with Crippen molar-refractivity contribution in [2.24, 2.45) is 5.73 Å². The summed E-state index contributed by atoms with van der Waals surface area (Å²) in [6.07, 6.45) is 1.18. The molecule has 1 amide bonds. The van der Waals surface area contributed by atoms with Gasteiger partial charge in [0.25, 0.3) is 0 Å². The van der Waals surface area contributed by atoms with Gasteiger partial charge < -0.3 is 30.1 Å². The highest BCUT2D eigenvalue weighted by Gasteiger charge is 2.23. The van der Waals surface area contributed by atoms with Crippen LogP contribution in [0.5, 0.6) is 5.75 Å². The maximum Gasteiger partial charge on any atom is 0.407 e. The van der Waals surface area contributed by atoms with Crippen LogP contribution >= 0.6 is 0 Å². The van der Waals surface area contributed by atoms with Crippen molar-refractivity contribution in [2.75, 3.05) is 19.6 Å². The summed E-state index contributed by atoms with van der Waals surface area (Å²) < 4.78 is 11.4. The van der Waals surface area contributed by atoms with Crippen molar-refractivity contribution in [3.8, 4) is 5.75 Å². The molecule has 0 spiro atoms. The number of hydrogen-bond donors (Lipinski definition) is 3. The molecule has 4 rings (SSSR count). The largest absolute Gasteiger partial charge is 0.490 e. The zero-order valence-electron chi connectivity index (χ0n) is 18.3.